The predicted octanol–water partition coefficient (Wildman–Crippen LogP) is 0.570. The van der Waals surface area contributed by atoms with Crippen LogP contribution in [0.15, 0.2) is 22.4 Å². The van der Waals surface area contributed by atoms with Gasteiger partial charge in [-0.05, 0) is 18.9 Å². The molecule has 1 fully saturated rings. The van der Waals surface area contributed by atoms with Gasteiger partial charge in [-0.1, -0.05) is 0 Å². The second kappa shape index (κ2) is 4.79. The topological polar surface area (TPSA) is 57.8 Å². The van der Waals surface area contributed by atoms with Gasteiger partial charge in [-0.3, -0.25) is 14.1 Å². The van der Waals surface area contributed by atoms with Crippen molar-refractivity contribution in [2.24, 2.45) is 5.92 Å². The normalized spacial score (nSPS) is 20.8. The van der Waals surface area contributed by atoms with E-state index in [0.717, 1.165) is 30.2 Å². The quantitative estimate of drug-likeness (QED) is 0.881. The van der Waals surface area contributed by atoms with Gasteiger partial charge in [0.15, 0.2) is 4.96 Å². The second-order valence-electron chi connectivity index (χ2n) is 4.71. The molecule has 0 saturated carbocycles. The van der Waals surface area contributed by atoms with Crippen LogP contribution >= 0.6 is 11.3 Å². The molecule has 0 radical (unpaired) electrons. The summed E-state index contributed by atoms with van der Waals surface area (Å²) in [7, 11) is 0. The van der Waals surface area contributed by atoms with E-state index in [1.54, 1.807) is 16.7 Å². The van der Waals surface area contributed by atoms with E-state index in [0.29, 0.717) is 12.5 Å². The fraction of sp³-hybridized carbons (Fsp3) is 0.500. The Morgan fingerprint density at radius 3 is 3.22 bits per heavy atom. The highest BCUT2D eigenvalue weighted by Gasteiger charge is 2.22. The van der Waals surface area contributed by atoms with Crippen LogP contribution in [0.25, 0.3) is 4.96 Å². The molecule has 0 aromatic carbocycles. The maximum atomic E-state index is 11.8. The molecule has 1 saturated heterocycles. The van der Waals surface area contributed by atoms with Crippen LogP contribution in [-0.2, 0) is 6.54 Å². The molecule has 2 aromatic rings. The van der Waals surface area contributed by atoms with Crippen LogP contribution in [0.5, 0.6) is 0 Å². The van der Waals surface area contributed by atoms with Gasteiger partial charge in [-0.25, -0.2) is 4.98 Å². The first-order chi connectivity index (χ1) is 8.76. The van der Waals surface area contributed by atoms with Gasteiger partial charge < -0.3 is 5.11 Å². The molecule has 0 amide bonds. The molecular formula is C12H15N3O2S. The van der Waals surface area contributed by atoms with Crippen molar-refractivity contribution < 1.29 is 5.11 Å². The van der Waals surface area contributed by atoms with Crippen molar-refractivity contribution in [2.45, 2.75) is 13.0 Å². The van der Waals surface area contributed by atoms with Gasteiger partial charge in [-0.2, -0.15) is 0 Å². The zero-order chi connectivity index (χ0) is 12.5. The smallest absolute Gasteiger partial charge is 0.258 e. The highest BCUT2D eigenvalue weighted by Crippen LogP contribution is 2.17. The third kappa shape index (κ3) is 2.19. The molecule has 5 nitrogen and oxygen atoms in total. The van der Waals surface area contributed by atoms with Gasteiger partial charge in [0.25, 0.3) is 5.56 Å². The molecule has 96 valence electrons. The van der Waals surface area contributed by atoms with Crippen LogP contribution in [0.4, 0.5) is 0 Å². The van der Waals surface area contributed by atoms with Gasteiger partial charge in [0, 0.05) is 37.3 Å². The molecule has 1 N–H and O–H groups in total. The number of aliphatic hydroxyl groups excluding tert-OH is 1. The van der Waals surface area contributed by atoms with Crippen molar-refractivity contribution in [3.63, 3.8) is 0 Å². The number of hydrogen-bond acceptors (Lipinski definition) is 5. The molecular weight excluding hydrogens is 250 g/mol. The van der Waals surface area contributed by atoms with E-state index in [9.17, 15) is 4.79 Å². The number of nitrogens with zero attached hydrogens (tertiary/aromatic N) is 3. The second-order valence-corrected chi connectivity index (χ2v) is 5.59. The van der Waals surface area contributed by atoms with Gasteiger partial charge in [0.05, 0.1) is 5.69 Å². The first-order valence-electron chi connectivity index (χ1n) is 6.05. The van der Waals surface area contributed by atoms with Crippen LogP contribution in [0, 0.1) is 5.92 Å². The van der Waals surface area contributed by atoms with E-state index in [-0.39, 0.29) is 12.2 Å². The SMILES string of the molecule is O=c1cc(CN2CCC(CO)C2)nc2sccn12. The lowest BCUT2D eigenvalue weighted by atomic mass is 10.1. The molecule has 1 unspecified atom stereocenters. The first-order valence-corrected chi connectivity index (χ1v) is 6.93. The number of hydrogen-bond donors (Lipinski definition) is 1. The summed E-state index contributed by atoms with van der Waals surface area (Å²) in [6.45, 7) is 2.80. The molecule has 2 aromatic heterocycles. The monoisotopic (exact) mass is 265 g/mol. The van der Waals surface area contributed by atoms with E-state index >= 15 is 0 Å². The van der Waals surface area contributed by atoms with Gasteiger partial charge in [-0.15, -0.1) is 11.3 Å². The number of likely N-dealkylation sites (tertiary alicyclic amines) is 1. The summed E-state index contributed by atoms with van der Waals surface area (Å²) in [4.78, 5) is 19.3. The molecule has 0 aliphatic carbocycles. The standard InChI is InChI=1S/C12H15N3O2S/c16-8-9-1-2-14(6-9)7-10-5-11(17)15-3-4-18-12(15)13-10/h3-5,9,16H,1-2,6-8H2. The minimum atomic E-state index is -0.0193. The zero-order valence-corrected chi connectivity index (χ0v) is 10.8. The highest BCUT2D eigenvalue weighted by atomic mass is 32.1. The molecule has 3 heterocycles. The van der Waals surface area contributed by atoms with E-state index in [1.807, 2.05) is 5.38 Å². The Hall–Kier alpha value is -1.24. The van der Waals surface area contributed by atoms with E-state index in [4.69, 9.17) is 5.11 Å². The maximum Gasteiger partial charge on any atom is 0.258 e. The lowest BCUT2D eigenvalue weighted by Gasteiger charge is -2.14. The van der Waals surface area contributed by atoms with Crippen molar-refractivity contribution >= 4 is 16.3 Å². The Morgan fingerprint density at radius 1 is 1.56 bits per heavy atom. The molecule has 18 heavy (non-hydrogen) atoms. The van der Waals surface area contributed by atoms with Crippen molar-refractivity contribution in [1.29, 1.82) is 0 Å². The summed E-state index contributed by atoms with van der Waals surface area (Å²) < 4.78 is 1.56. The number of aromatic nitrogens is 2. The predicted molar refractivity (Wildman–Crippen MR) is 69.8 cm³/mol. The van der Waals surface area contributed by atoms with Gasteiger partial charge in [0.2, 0.25) is 0 Å². The van der Waals surface area contributed by atoms with Crippen LogP contribution in [0.3, 0.4) is 0 Å². The summed E-state index contributed by atoms with van der Waals surface area (Å²) in [6.07, 6.45) is 2.77. The summed E-state index contributed by atoms with van der Waals surface area (Å²) >= 11 is 1.47. The Kier molecular flexibility index (Phi) is 3.15. The largest absolute Gasteiger partial charge is 0.396 e. The third-order valence-corrected chi connectivity index (χ3v) is 4.13. The molecule has 1 aliphatic heterocycles. The maximum absolute atomic E-state index is 11.8. The van der Waals surface area contributed by atoms with E-state index in [2.05, 4.69) is 9.88 Å². The average molecular weight is 265 g/mol. The Bertz CT molecular complexity index is 607. The third-order valence-electron chi connectivity index (χ3n) is 3.37. The molecule has 1 atom stereocenters. The number of rotatable bonds is 3. The minimum absolute atomic E-state index is 0.0193. The fourth-order valence-electron chi connectivity index (χ4n) is 2.40. The summed E-state index contributed by atoms with van der Waals surface area (Å²) in [5.41, 5.74) is 0.801. The van der Waals surface area contributed by atoms with Crippen LogP contribution in [0.1, 0.15) is 12.1 Å². The average Bonchev–Trinajstić information content (AvgIpc) is 2.97. The van der Waals surface area contributed by atoms with Crippen molar-refractivity contribution in [2.75, 3.05) is 19.7 Å². The Labute approximate surface area is 108 Å². The van der Waals surface area contributed by atoms with E-state index < -0.39 is 0 Å². The highest BCUT2D eigenvalue weighted by molar-refractivity contribution is 7.15. The van der Waals surface area contributed by atoms with Crippen LogP contribution < -0.4 is 5.56 Å². The zero-order valence-electron chi connectivity index (χ0n) is 9.95. The van der Waals surface area contributed by atoms with Gasteiger partial charge >= 0.3 is 0 Å². The minimum Gasteiger partial charge on any atom is -0.396 e. The van der Waals surface area contributed by atoms with Crippen LogP contribution in [0.2, 0.25) is 0 Å². The summed E-state index contributed by atoms with van der Waals surface area (Å²) in [6, 6.07) is 1.60. The van der Waals surface area contributed by atoms with Crippen molar-refractivity contribution in [3.05, 3.63) is 33.7 Å². The number of aliphatic hydroxyl groups is 1. The Morgan fingerprint density at radius 2 is 2.44 bits per heavy atom. The number of fused-ring (bicyclic) bond motifs is 1. The summed E-state index contributed by atoms with van der Waals surface area (Å²) in [5.74, 6) is 0.372. The molecule has 1 aliphatic rings. The summed E-state index contributed by atoms with van der Waals surface area (Å²) in [5, 5.41) is 11.0. The van der Waals surface area contributed by atoms with Crippen LogP contribution in [-0.4, -0.2) is 39.1 Å². The number of thiazole rings is 1. The molecule has 6 heteroatoms. The lowest BCUT2D eigenvalue weighted by molar-refractivity contribution is 0.219. The molecule has 3 rings (SSSR count). The van der Waals surface area contributed by atoms with Gasteiger partial charge in [0.1, 0.15) is 0 Å². The first kappa shape index (κ1) is 11.8. The van der Waals surface area contributed by atoms with Crippen molar-refractivity contribution in [1.82, 2.24) is 14.3 Å². The van der Waals surface area contributed by atoms with E-state index in [1.165, 1.54) is 11.3 Å². The fourth-order valence-corrected chi connectivity index (χ4v) is 3.14. The Balaban J connectivity index is 1.81. The molecule has 0 bridgehead atoms. The van der Waals surface area contributed by atoms with Crippen molar-refractivity contribution in [3.8, 4) is 0 Å². The lowest BCUT2D eigenvalue weighted by Crippen LogP contribution is -2.23. The molecule has 0 spiro atoms.